The van der Waals surface area contributed by atoms with Crippen LogP contribution in [-0.4, -0.2) is 10.6 Å². The van der Waals surface area contributed by atoms with Crippen molar-refractivity contribution in [3.05, 3.63) is 59.4 Å². The molecule has 0 saturated heterocycles. The summed E-state index contributed by atoms with van der Waals surface area (Å²) in [4.78, 5) is 0. The van der Waals surface area contributed by atoms with Crippen LogP contribution in [-0.2, 0) is 13.0 Å². The number of aromatic nitrogens is 1. The first kappa shape index (κ1) is 13.4. The van der Waals surface area contributed by atoms with Gasteiger partial charge in [-0.25, -0.2) is 0 Å². The molecule has 0 aliphatic heterocycles. The first-order chi connectivity index (χ1) is 9.22. The molecule has 2 aromatic rings. The summed E-state index contributed by atoms with van der Waals surface area (Å²) in [5.74, 6) is 0. The van der Waals surface area contributed by atoms with Crippen LogP contribution in [0.1, 0.15) is 30.2 Å². The molecule has 1 aromatic heterocycles. The van der Waals surface area contributed by atoms with Gasteiger partial charge in [-0.2, -0.15) is 5.26 Å². The van der Waals surface area contributed by atoms with Crippen molar-refractivity contribution >= 4 is 0 Å². The molecule has 0 amide bonds. The SMILES string of the molecule is CCC(N)Cc1cccn1Cc1ccc(C#N)cc1. The number of hydrogen-bond donors (Lipinski definition) is 1. The number of rotatable bonds is 5. The Morgan fingerprint density at radius 1 is 1.26 bits per heavy atom. The Morgan fingerprint density at radius 3 is 2.63 bits per heavy atom. The van der Waals surface area contributed by atoms with E-state index in [1.165, 1.54) is 11.3 Å². The molecule has 1 atom stereocenters. The van der Waals surface area contributed by atoms with Gasteiger partial charge in [0.05, 0.1) is 11.6 Å². The molecule has 0 fully saturated rings. The van der Waals surface area contributed by atoms with E-state index < -0.39 is 0 Å². The fourth-order valence-corrected chi connectivity index (χ4v) is 2.08. The summed E-state index contributed by atoms with van der Waals surface area (Å²) in [5, 5.41) is 8.79. The van der Waals surface area contributed by atoms with Crippen LogP contribution in [0.4, 0.5) is 0 Å². The molecule has 0 saturated carbocycles. The van der Waals surface area contributed by atoms with Gasteiger partial charge >= 0.3 is 0 Å². The molecule has 19 heavy (non-hydrogen) atoms. The fourth-order valence-electron chi connectivity index (χ4n) is 2.08. The molecule has 1 aromatic carbocycles. The zero-order valence-electron chi connectivity index (χ0n) is 11.2. The minimum absolute atomic E-state index is 0.217. The van der Waals surface area contributed by atoms with E-state index in [0.717, 1.165) is 19.4 Å². The minimum atomic E-state index is 0.217. The molecule has 2 N–H and O–H groups in total. The quantitative estimate of drug-likeness (QED) is 0.890. The van der Waals surface area contributed by atoms with Gasteiger partial charge < -0.3 is 10.3 Å². The van der Waals surface area contributed by atoms with E-state index in [2.05, 4.69) is 35.9 Å². The van der Waals surface area contributed by atoms with Crippen molar-refractivity contribution in [3.63, 3.8) is 0 Å². The van der Waals surface area contributed by atoms with E-state index in [0.29, 0.717) is 5.56 Å². The summed E-state index contributed by atoms with van der Waals surface area (Å²) in [6.07, 6.45) is 3.97. The number of nitrogens with two attached hydrogens (primary N) is 1. The zero-order valence-corrected chi connectivity index (χ0v) is 11.2. The second kappa shape index (κ2) is 6.21. The van der Waals surface area contributed by atoms with Gasteiger partial charge in [-0.3, -0.25) is 0 Å². The molecule has 2 rings (SSSR count). The smallest absolute Gasteiger partial charge is 0.0991 e. The van der Waals surface area contributed by atoms with E-state index in [1.54, 1.807) is 0 Å². The second-order valence-corrected chi connectivity index (χ2v) is 4.81. The van der Waals surface area contributed by atoms with Gasteiger partial charge in [0.15, 0.2) is 0 Å². The molecule has 1 heterocycles. The number of nitrogens with zero attached hydrogens (tertiary/aromatic N) is 2. The fraction of sp³-hybridized carbons (Fsp3) is 0.312. The predicted molar refractivity (Wildman–Crippen MR) is 76.7 cm³/mol. The molecule has 0 radical (unpaired) electrons. The zero-order chi connectivity index (χ0) is 13.7. The van der Waals surface area contributed by atoms with Crippen molar-refractivity contribution < 1.29 is 0 Å². The van der Waals surface area contributed by atoms with E-state index in [4.69, 9.17) is 11.0 Å². The first-order valence-electron chi connectivity index (χ1n) is 6.61. The second-order valence-electron chi connectivity index (χ2n) is 4.81. The van der Waals surface area contributed by atoms with Crippen molar-refractivity contribution in [2.75, 3.05) is 0 Å². The maximum absolute atomic E-state index is 8.79. The highest BCUT2D eigenvalue weighted by molar-refractivity contribution is 5.32. The van der Waals surface area contributed by atoms with Crippen LogP contribution in [0.15, 0.2) is 42.6 Å². The normalized spacial score (nSPS) is 12.1. The topological polar surface area (TPSA) is 54.7 Å². The van der Waals surface area contributed by atoms with Gasteiger partial charge in [-0.1, -0.05) is 19.1 Å². The molecule has 3 nitrogen and oxygen atoms in total. The van der Waals surface area contributed by atoms with E-state index in [9.17, 15) is 0 Å². The summed E-state index contributed by atoms with van der Waals surface area (Å²) in [6.45, 7) is 2.93. The molecule has 98 valence electrons. The van der Waals surface area contributed by atoms with E-state index in [-0.39, 0.29) is 6.04 Å². The summed E-state index contributed by atoms with van der Waals surface area (Å²) in [6, 6.07) is 14.3. The molecular weight excluding hydrogens is 234 g/mol. The Hall–Kier alpha value is -2.05. The Labute approximate surface area is 114 Å². The van der Waals surface area contributed by atoms with Crippen molar-refractivity contribution in [1.82, 2.24) is 4.57 Å². The minimum Gasteiger partial charge on any atom is -0.347 e. The van der Waals surface area contributed by atoms with Crippen molar-refractivity contribution in [2.45, 2.75) is 32.4 Å². The lowest BCUT2D eigenvalue weighted by atomic mass is 10.1. The summed E-state index contributed by atoms with van der Waals surface area (Å²) >= 11 is 0. The van der Waals surface area contributed by atoms with Gasteiger partial charge in [-0.15, -0.1) is 0 Å². The molecule has 0 aliphatic carbocycles. The highest BCUT2D eigenvalue weighted by Crippen LogP contribution is 2.11. The van der Waals surface area contributed by atoms with Crippen LogP contribution >= 0.6 is 0 Å². The lowest BCUT2D eigenvalue weighted by molar-refractivity contribution is 0.610. The lowest BCUT2D eigenvalue weighted by Crippen LogP contribution is -2.23. The van der Waals surface area contributed by atoms with Gasteiger partial charge in [-0.05, 0) is 36.2 Å². The monoisotopic (exact) mass is 253 g/mol. The van der Waals surface area contributed by atoms with Gasteiger partial charge in [0.1, 0.15) is 0 Å². The molecule has 0 spiro atoms. The van der Waals surface area contributed by atoms with Crippen LogP contribution in [0.25, 0.3) is 0 Å². The molecule has 0 aliphatic rings. The van der Waals surface area contributed by atoms with Gasteiger partial charge in [0.25, 0.3) is 0 Å². The third-order valence-corrected chi connectivity index (χ3v) is 3.36. The number of hydrogen-bond acceptors (Lipinski definition) is 2. The van der Waals surface area contributed by atoms with E-state index in [1.807, 2.05) is 24.3 Å². The molecular formula is C16H19N3. The Kier molecular flexibility index (Phi) is 4.38. The average Bonchev–Trinajstić information content (AvgIpc) is 2.86. The lowest BCUT2D eigenvalue weighted by Gasteiger charge is -2.13. The highest BCUT2D eigenvalue weighted by Gasteiger charge is 2.06. The Morgan fingerprint density at radius 2 is 2.00 bits per heavy atom. The van der Waals surface area contributed by atoms with Gasteiger partial charge in [0, 0.05) is 30.9 Å². The third-order valence-electron chi connectivity index (χ3n) is 3.36. The molecule has 1 unspecified atom stereocenters. The Balaban J connectivity index is 2.10. The standard InChI is InChI=1S/C16H19N3/c1-2-15(18)10-16-4-3-9-19(16)12-14-7-5-13(11-17)6-8-14/h3-9,15H,2,10,12,18H2,1H3. The number of nitriles is 1. The van der Waals surface area contributed by atoms with Crippen LogP contribution in [0.5, 0.6) is 0 Å². The maximum atomic E-state index is 8.79. The van der Waals surface area contributed by atoms with Crippen LogP contribution < -0.4 is 5.73 Å². The summed E-state index contributed by atoms with van der Waals surface area (Å²) in [7, 11) is 0. The molecule has 3 heteroatoms. The average molecular weight is 253 g/mol. The highest BCUT2D eigenvalue weighted by atomic mass is 15.0. The Bertz CT molecular complexity index is 560. The van der Waals surface area contributed by atoms with Crippen molar-refractivity contribution in [1.29, 1.82) is 5.26 Å². The van der Waals surface area contributed by atoms with Crippen LogP contribution in [0.3, 0.4) is 0 Å². The van der Waals surface area contributed by atoms with E-state index >= 15 is 0 Å². The third kappa shape index (κ3) is 3.46. The maximum Gasteiger partial charge on any atom is 0.0991 e. The van der Waals surface area contributed by atoms with Gasteiger partial charge in [0.2, 0.25) is 0 Å². The summed E-state index contributed by atoms with van der Waals surface area (Å²) in [5.41, 5.74) is 9.17. The van der Waals surface area contributed by atoms with Crippen LogP contribution in [0.2, 0.25) is 0 Å². The first-order valence-corrected chi connectivity index (χ1v) is 6.61. The van der Waals surface area contributed by atoms with Crippen LogP contribution in [0, 0.1) is 11.3 Å². The van der Waals surface area contributed by atoms with Crippen molar-refractivity contribution in [3.8, 4) is 6.07 Å². The summed E-state index contributed by atoms with van der Waals surface area (Å²) < 4.78 is 2.22. The van der Waals surface area contributed by atoms with Crippen molar-refractivity contribution in [2.24, 2.45) is 5.73 Å². The number of benzene rings is 1. The largest absolute Gasteiger partial charge is 0.347 e. The predicted octanol–water partition coefficient (Wildman–Crippen LogP) is 2.69. The molecule has 0 bridgehead atoms.